The van der Waals surface area contributed by atoms with Gasteiger partial charge in [0.15, 0.2) is 6.29 Å². The van der Waals surface area contributed by atoms with Gasteiger partial charge in [0.25, 0.3) is 0 Å². The molecule has 130 valence electrons. The van der Waals surface area contributed by atoms with Crippen LogP contribution in [0.5, 0.6) is 0 Å². The molecule has 0 aliphatic carbocycles. The van der Waals surface area contributed by atoms with Gasteiger partial charge in [-0.05, 0) is 19.3 Å². The molecule has 0 amide bonds. The first-order valence-corrected chi connectivity index (χ1v) is 8.87. The van der Waals surface area contributed by atoms with Crippen LogP contribution >= 0.6 is 0 Å². The average Bonchev–Trinajstić information content (AvgIpc) is 2.46. The number of hydrogen-bond donors (Lipinski definition) is 0. The van der Waals surface area contributed by atoms with Gasteiger partial charge < -0.3 is 28.8 Å². The molecule has 0 saturated carbocycles. The number of halogens is 1. The molecule has 22 heavy (non-hydrogen) atoms. The first-order chi connectivity index (χ1) is 9.85. The smallest absolute Gasteiger partial charge is 1.00 e. The minimum atomic E-state index is 0. The Balaban J connectivity index is -0.00000180. The van der Waals surface area contributed by atoms with Crippen LogP contribution in [0, 0.1) is 6.92 Å². The minimum absolute atomic E-state index is 0. The molecule has 0 fully saturated rings. The molecule has 0 aromatic carbocycles. The molecule has 0 spiro atoms. The average molecular weight is 345 g/mol. The number of rotatable bonds is 16. The van der Waals surface area contributed by atoms with E-state index in [4.69, 9.17) is 9.47 Å². The summed E-state index contributed by atoms with van der Waals surface area (Å²) < 4.78 is 11.8. The van der Waals surface area contributed by atoms with Crippen LogP contribution in [0.4, 0.5) is 0 Å². The van der Waals surface area contributed by atoms with E-state index in [9.17, 15) is 0 Å². The van der Waals surface area contributed by atoms with E-state index >= 15 is 0 Å². The predicted octanol–water partition coefficient (Wildman–Crippen LogP) is 2.52. The number of hydrogen-bond acceptors (Lipinski definition) is 2. The van der Waals surface area contributed by atoms with Gasteiger partial charge in [0.1, 0.15) is 0 Å². The number of ether oxygens (including phenoxy) is 2. The maximum Gasteiger partial charge on any atom is 2.00 e. The Hall–Kier alpha value is 0.976. The summed E-state index contributed by atoms with van der Waals surface area (Å²) in [4.78, 5) is 0. The van der Waals surface area contributed by atoms with Crippen molar-refractivity contribution in [3.05, 3.63) is 6.92 Å². The van der Waals surface area contributed by atoms with Crippen molar-refractivity contribution >= 4 is 23.1 Å². The normalized spacial score (nSPS) is 10.4. The molecule has 0 rings (SSSR count). The SMILES string of the molecule is [CH2-]CCCCC(OCCCCCC)OCCCCCC.[Cl-].[Mg+2]. The van der Waals surface area contributed by atoms with Gasteiger partial charge in [-0.2, -0.15) is 6.42 Å². The summed E-state index contributed by atoms with van der Waals surface area (Å²) in [5.74, 6) is 0. The second-order valence-electron chi connectivity index (χ2n) is 5.64. The second kappa shape index (κ2) is 24.2. The fourth-order valence-corrected chi connectivity index (χ4v) is 2.19. The summed E-state index contributed by atoms with van der Waals surface area (Å²) in [6.45, 7) is 10.1. The summed E-state index contributed by atoms with van der Waals surface area (Å²) in [6.07, 6.45) is 14.5. The molecule has 2 nitrogen and oxygen atoms in total. The third-order valence-corrected chi connectivity index (χ3v) is 3.54. The van der Waals surface area contributed by atoms with Crippen molar-refractivity contribution < 1.29 is 21.9 Å². The van der Waals surface area contributed by atoms with Crippen molar-refractivity contribution in [2.24, 2.45) is 0 Å². The van der Waals surface area contributed by atoms with Crippen molar-refractivity contribution in [1.29, 1.82) is 0 Å². The van der Waals surface area contributed by atoms with Crippen LogP contribution in [-0.4, -0.2) is 42.6 Å². The van der Waals surface area contributed by atoms with E-state index in [1.807, 2.05) is 0 Å². The molecular formula is C18H37ClMgO2. The summed E-state index contributed by atoms with van der Waals surface area (Å²) in [5.41, 5.74) is 0. The molecule has 0 unspecified atom stereocenters. The standard InChI is InChI=1S/C18H37O2.ClH.Mg/c1-4-7-10-13-16-19-18(15-12-9-6-3)20-17-14-11-8-5-2;;/h18H,3-17H2,1-2H3;1H;/q-1;;+2/p-1. The Morgan fingerprint density at radius 3 is 1.64 bits per heavy atom. The van der Waals surface area contributed by atoms with E-state index in [0.717, 1.165) is 32.5 Å². The zero-order chi connectivity index (χ0) is 14.9. The molecule has 0 aliphatic heterocycles. The Bertz CT molecular complexity index is 168. The number of unbranched alkanes of at least 4 members (excludes halogenated alkanes) is 8. The topological polar surface area (TPSA) is 18.5 Å². The molecule has 0 aromatic heterocycles. The minimum Gasteiger partial charge on any atom is -1.00 e. The van der Waals surface area contributed by atoms with Crippen LogP contribution in [0.15, 0.2) is 0 Å². The third-order valence-electron chi connectivity index (χ3n) is 3.54. The van der Waals surface area contributed by atoms with Crippen LogP contribution in [0.3, 0.4) is 0 Å². The summed E-state index contributed by atoms with van der Waals surface area (Å²) in [5, 5.41) is 0. The van der Waals surface area contributed by atoms with Crippen LogP contribution in [0.25, 0.3) is 0 Å². The predicted molar refractivity (Wildman–Crippen MR) is 93.6 cm³/mol. The third kappa shape index (κ3) is 21.0. The Morgan fingerprint density at radius 1 is 0.727 bits per heavy atom. The van der Waals surface area contributed by atoms with E-state index in [0.29, 0.717) is 0 Å². The Morgan fingerprint density at radius 2 is 1.23 bits per heavy atom. The maximum atomic E-state index is 5.90. The van der Waals surface area contributed by atoms with E-state index in [1.165, 1.54) is 57.8 Å². The quantitative estimate of drug-likeness (QED) is 0.185. The van der Waals surface area contributed by atoms with E-state index in [1.54, 1.807) is 0 Å². The van der Waals surface area contributed by atoms with E-state index < -0.39 is 0 Å². The Kier molecular flexibility index (Phi) is 30.6. The van der Waals surface area contributed by atoms with Crippen LogP contribution in [-0.2, 0) is 9.47 Å². The molecule has 0 aliphatic rings. The summed E-state index contributed by atoms with van der Waals surface area (Å²) in [6, 6.07) is 0. The molecule has 0 N–H and O–H groups in total. The van der Waals surface area contributed by atoms with Gasteiger partial charge >= 0.3 is 23.1 Å². The zero-order valence-electron chi connectivity index (χ0n) is 15.1. The first-order valence-electron chi connectivity index (χ1n) is 8.87. The molecule has 4 heteroatoms. The second-order valence-corrected chi connectivity index (χ2v) is 5.64. The van der Waals surface area contributed by atoms with Crippen molar-refractivity contribution in [3.8, 4) is 0 Å². The maximum absolute atomic E-state index is 5.90. The molecule has 0 radical (unpaired) electrons. The fraction of sp³-hybridized carbons (Fsp3) is 0.944. The fourth-order valence-electron chi connectivity index (χ4n) is 2.19. The monoisotopic (exact) mass is 344 g/mol. The molecule has 0 bridgehead atoms. The largest absolute Gasteiger partial charge is 2.00 e. The van der Waals surface area contributed by atoms with Gasteiger partial charge in [-0.15, -0.1) is 0 Å². The van der Waals surface area contributed by atoms with Crippen molar-refractivity contribution in [2.75, 3.05) is 13.2 Å². The van der Waals surface area contributed by atoms with E-state index in [2.05, 4.69) is 20.8 Å². The summed E-state index contributed by atoms with van der Waals surface area (Å²) >= 11 is 0. The van der Waals surface area contributed by atoms with Gasteiger partial charge in [0, 0.05) is 13.2 Å². The van der Waals surface area contributed by atoms with E-state index in [-0.39, 0.29) is 41.7 Å². The van der Waals surface area contributed by atoms with Gasteiger partial charge in [-0.25, -0.2) is 0 Å². The zero-order valence-corrected chi connectivity index (χ0v) is 17.3. The van der Waals surface area contributed by atoms with Crippen molar-refractivity contribution in [3.63, 3.8) is 0 Å². The summed E-state index contributed by atoms with van der Waals surface area (Å²) in [7, 11) is 0. The van der Waals surface area contributed by atoms with Gasteiger partial charge in [0.05, 0.1) is 0 Å². The van der Waals surface area contributed by atoms with Gasteiger partial charge in [0.2, 0.25) is 0 Å². The first kappa shape index (κ1) is 27.8. The molecule has 0 aromatic rings. The molecule has 0 atom stereocenters. The molecular weight excluding hydrogens is 308 g/mol. The van der Waals surface area contributed by atoms with Crippen LogP contribution in [0.2, 0.25) is 0 Å². The van der Waals surface area contributed by atoms with Crippen LogP contribution < -0.4 is 12.4 Å². The van der Waals surface area contributed by atoms with Gasteiger partial charge in [-0.3, -0.25) is 0 Å². The van der Waals surface area contributed by atoms with Crippen molar-refractivity contribution in [1.82, 2.24) is 0 Å². The Labute approximate surface area is 162 Å². The molecule has 0 heterocycles. The molecule has 0 saturated heterocycles. The van der Waals surface area contributed by atoms with Gasteiger partial charge in [-0.1, -0.05) is 65.2 Å². The van der Waals surface area contributed by atoms with Crippen LogP contribution in [0.1, 0.15) is 90.9 Å². The van der Waals surface area contributed by atoms with Crippen molar-refractivity contribution in [2.45, 2.75) is 97.2 Å².